The zero-order valence-electron chi connectivity index (χ0n) is 19.5. The van der Waals surface area contributed by atoms with E-state index in [2.05, 4.69) is 20.7 Å². The highest BCUT2D eigenvalue weighted by molar-refractivity contribution is 8.15. The Morgan fingerprint density at radius 2 is 2.00 bits per heavy atom. The molecule has 2 aromatic carbocycles. The first-order valence-electron chi connectivity index (χ1n) is 11.0. The maximum absolute atomic E-state index is 14.6. The number of nitrogens with one attached hydrogen (secondary N) is 2. The lowest BCUT2D eigenvalue weighted by Gasteiger charge is -2.36. The molecule has 1 unspecified atom stereocenters. The van der Waals surface area contributed by atoms with E-state index in [4.69, 9.17) is 5.26 Å². The number of aliphatic imine (C=N–C) groups is 1. The van der Waals surface area contributed by atoms with Gasteiger partial charge in [0.25, 0.3) is 5.91 Å². The summed E-state index contributed by atoms with van der Waals surface area (Å²) in [7, 11) is 0. The van der Waals surface area contributed by atoms with Gasteiger partial charge in [-0.2, -0.15) is 10.4 Å². The van der Waals surface area contributed by atoms with Crippen molar-refractivity contribution in [2.24, 2.45) is 10.1 Å². The fourth-order valence-corrected chi connectivity index (χ4v) is 5.02. The van der Waals surface area contributed by atoms with E-state index in [9.17, 15) is 23.5 Å². The maximum atomic E-state index is 14.6. The van der Waals surface area contributed by atoms with Gasteiger partial charge in [-0.3, -0.25) is 25.2 Å². The van der Waals surface area contributed by atoms with Crippen molar-refractivity contribution in [3.63, 3.8) is 0 Å². The molecule has 0 bridgehead atoms. The third-order valence-corrected chi connectivity index (χ3v) is 6.61. The molecule has 1 aliphatic heterocycles. The second-order valence-electron chi connectivity index (χ2n) is 7.86. The lowest BCUT2D eigenvalue weighted by molar-refractivity contribution is -0.143. The molecule has 0 radical (unpaired) electrons. The Balaban J connectivity index is 2.00. The van der Waals surface area contributed by atoms with Gasteiger partial charge >= 0.3 is 0 Å². The standard InChI is InChI=1S/C24H24F2N6O3S/c1-15(33)22(35)32-24(17-7-4-3-5-8-17,11-6-12-28-23(29-14-27)30-16(2)34)36-21(31-32)19-13-18(25)9-10-20(19)26/h3-5,7-10,13,15,33H,6,11-12H2,1-2H3,(H2,28,29,30,34)/t15-,24?/m0/s1. The predicted octanol–water partition coefficient (Wildman–Crippen LogP) is 2.78. The van der Waals surface area contributed by atoms with Crippen LogP contribution >= 0.6 is 11.8 Å². The van der Waals surface area contributed by atoms with Crippen LogP contribution < -0.4 is 10.6 Å². The third-order valence-electron chi connectivity index (χ3n) is 5.16. The molecule has 0 spiro atoms. The summed E-state index contributed by atoms with van der Waals surface area (Å²) in [5, 5.41) is 29.2. The van der Waals surface area contributed by atoms with Gasteiger partial charge in [0.1, 0.15) is 27.7 Å². The molecule has 1 aliphatic rings. The predicted molar refractivity (Wildman–Crippen MR) is 131 cm³/mol. The number of aliphatic hydroxyl groups is 1. The number of amides is 2. The zero-order valence-corrected chi connectivity index (χ0v) is 20.4. The summed E-state index contributed by atoms with van der Waals surface area (Å²) in [6.07, 6.45) is 0.875. The Labute approximate surface area is 210 Å². The van der Waals surface area contributed by atoms with Gasteiger partial charge in [0.2, 0.25) is 11.9 Å². The highest BCUT2D eigenvalue weighted by Gasteiger charge is 2.49. The second kappa shape index (κ2) is 11.7. The summed E-state index contributed by atoms with van der Waals surface area (Å²) in [5.41, 5.74) is 0.547. The number of hydrazone groups is 1. The molecule has 188 valence electrons. The van der Waals surface area contributed by atoms with E-state index >= 15 is 0 Å². The molecule has 2 aromatic rings. The van der Waals surface area contributed by atoms with Crippen molar-refractivity contribution in [1.29, 1.82) is 5.26 Å². The van der Waals surface area contributed by atoms with Crippen molar-refractivity contribution < 1.29 is 23.5 Å². The van der Waals surface area contributed by atoms with Gasteiger partial charge in [-0.05, 0) is 43.5 Å². The first-order chi connectivity index (χ1) is 17.2. The molecule has 0 aromatic heterocycles. The molecule has 36 heavy (non-hydrogen) atoms. The van der Waals surface area contributed by atoms with Crippen LogP contribution in [-0.4, -0.2) is 45.6 Å². The van der Waals surface area contributed by atoms with Gasteiger partial charge in [-0.15, -0.1) is 0 Å². The first kappa shape index (κ1) is 26.8. The number of carbonyl (C=O) groups excluding carboxylic acids is 2. The van der Waals surface area contributed by atoms with Gasteiger partial charge in [0.15, 0.2) is 6.19 Å². The second-order valence-corrected chi connectivity index (χ2v) is 9.13. The number of hydrogen-bond acceptors (Lipinski definition) is 7. The number of aliphatic hydroxyl groups excluding tert-OH is 1. The minimum absolute atomic E-state index is 0.0199. The molecule has 3 N–H and O–H groups in total. The summed E-state index contributed by atoms with van der Waals surface area (Å²) in [6.45, 7) is 2.73. The average Bonchev–Trinajstić information content (AvgIpc) is 3.23. The Morgan fingerprint density at radius 1 is 1.28 bits per heavy atom. The van der Waals surface area contributed by atoms with Crippen molar-refractivity contribution in [3.05, 3.63) is 71.3 Å². The van der Waals surface area contributed by atoms with Crippen LogP contribution in [0.5, 0.6) is 0 Å². The topological polar surface area (TPSA) is 130 Å². The molecule has 1 heterocycles. The molecule has 2 atom stereocenters. The molecule has 0 fully saturated rings. The largest absolute Gasteiger partial charge is 0.383 e. The smallest absolute Gasteiger partial charge is 0.272 e. The molecule has 0 saturated heterocycles. The number of thioether (sulfide) groups is 1. The quantitative estimate of drug-likeness (QED) is 0.171. The Bertz CT molecular complexity index is 1230. The van der Waals surface area contributed by atoms with Crippen molar-refractivity contribution in [3.8, 4) is 6.19 Å². The van der Waals surface area contributed by atoms with Crippen LogP contribution in [0.1, 0.15) is 37.8 Å². The summed E-state index contributed by atoms with van der Waals surface area (Å²) >= 11 is 1.07. The first-order valence-corrected chi connectivity index (χ1v) is 11.8. The van der Waals surface area contributed by atoms with Gasteiger partial charge in [0, 0.05) is 19.0 Å². The summed E-state index contributed by atoms with van der Waals surface area (Å²) in [5.74, 6) is -2.51. The van der Waals surface area contributed by atoms with E-state index in [1.165, 1.54) is 13.8 Å². The Morgan fingerprint density at radius 3 is 2.64 bits per heavy atom. The van der Waals surface area contributed by atoms with Crippen LogP contribution in [0, 0.1) is 23.1 Å². The van der Waals surface area contributed by atoms with E-state index < -0.39 is 34.4 Å². The number of nitrogens with zero attached hydrogens (tertiary/aromatic N) is 4. The van der Waals surface area contributed by atoms with Gasteiger partial charge in [-0.25, -0.2) is 13.8 Å². The Kier molecular flexibility index (Phi) is 8.73. The van der Waals surface area contributed by atoms with Crippen LogP contribution in [0.4, 0.5) is 8.78 Å². The van der Waals surface area contributed by atoms with Gasteiger partial charge in [0.05, 0.1) is 0 Å². The van der Waals surface area contributed by atoms with Gasteiger partial charge in [-0.1, -0.05) is 42.1 Å². The average molecular weight is 515 g/mol. The number of nitriles is 1. The molecular formula is C24H24F2N6O3S. The SMILES string of the molecule is CC(=O)NC(=NCCCC1(c2ccccc2)SC(c2cc(F)ccc2F)=NN1C(=O)[C@H](C)O)NC#N. The summed E-state index contributed by atoms with van der Waals surface area (Å²) < 4.78 is 28.6. The lowest BCUT2D eigenvalue weighted by atomic mass is 10.00. The molecule has 9 nitrogen and oxygen atoms in total. The number of benzene rings is 2. The van der Waals surface area contributed by atoms with Gasteiger partial charge < -0.3 is 5.11 Å². The minimum Gasteiger partial charge on any atom is -0.383 e. The highest BCUT2D eigenvalue weighted by Crippen LogP contribution is 2.50. The van der Waals surface area contributed by atoms with Crippen LogP contribution in [0.15, 0.2) is 58.6 Å². The van der Waals surface area contributed by atoms with E-state index in [-0.39, 0.29) is 29.5 Å². The highest BCUT2D eigenvalue weighted by atomic mass is 32.2. The number of guanidine groups is 1. The third kappa shape index (κ3) is 6.05. The van der Waals surface area contributed by atoms with Crippen molar-refractivity contribution in [2.75, 3.05) is 6.54 Å². The van der Waals surface area contributed by atoms with Crippen molar-refractivity contribution >= 4 is 34.6 Å². The number of carbonyl (C=O) groups is 2. The summed E-state index contributed by atoms with van der Waals surface area (Å²) in [6, 6.07) is 11.9. The van der Waals surface area contributed by atoms with E-state index in [1.54, 1.807) is 36.5 Å². The molecule has 2 amide bonds. The molecule has 0 saturated carbocycles. The van der Waals surface area contributed by atoms with Crippen LogP contribution in [0.2, 0.25) is 0 Å². The molecule has 12 heteroatoms. The zero-order chi connectivity index (χ0) is 26.3. The summed E-state index contributed by atoms with van der Waals surface area (Å²) in [4.78, 5) is 27.4. The van der Waals surface area contributed by atoms with Crippen molar-refractivity contribution in [2.45, 2.75) is 37.7 Å². The van der Waals surface area contributed by atoms with Crippen LogP contribution in [0.25, 0.3) is 0 Å². The van der Waals surface area contributed by atoms with Crippen LogP contribution in [-0.2, 0) is 14.5 Å². The molecule has 3 rings (SSSR count). The lowest BCUT2D eigenvalue weighted by Crippen LogP contribution is -2.45. The Hall–Kier alpha value is -3.82. The maximum Gasteiger partial charge on any atom is 0.272 e. The fraction of sp³-hybridized carbons (Fsp3) is 0.292. The van der Waals surface area contributed by atoms with E-state index in [0.29, 0.717) is 12.0 Å². The number of hydrogen-bond donors (Lipinski definition) is 3. The van der Waals surface area contributed by atoms with Crippen LogP contribution in [0.3, 0.4) is 0 Å². The fourth-order valence-electron chi connectivity index (χ4n) is 3.59. The molecule has 0 aliphatic carbocycles. The van der Waals surface area contributed by atoms with E-state index in [1.807, 2.05) is 0 Å². The van der Waals surface area contributed by atoms with Crippen molar-refractivity contribution in [1.82, 2.24) is 15.6 Å². The molecular weight excluding hydrogens is 490 g/mol. The monoisotopic (exact) mass is 514 g/mol. The number of rotatable bonds is 7. The normalized spacial score (nSPS) is 18.3. The number of halogens is 2. The van der Waals surface area contributed by atoms with E-state index in [0.717, 1.165) is 35.0 Å². The minimum atomic E-state index is -1.40.